The van der Waals surface area contributed by atoms with Crippen LogP contribution in [0.25, 0.3) is 0 Å². The molecule has 0 radical (unpaired) electrons. The van der Waals surface area contributed by atoms with Crippen molar-refractivity contribution < 1.29 is 22.4 Å². The van der Waals surface area contributed by atoms with Crippen LogP contribution in [-0.4, -0.2) is 44.3 Å². The fourth-order valence-corrected chi connectivity index (χ4v) is 5.51. The Morgan fingerprint density at radius 1 is 0.949 bits per heavy atom. The third kappa shape index (κ3) is 7.89. The predicted octanol–water partition coefficient (Wildman–Crippen LogP) is 4.97. The molecule has 3 rings (SSSR count). The van der Waals surface area contributed by atoms with Crippen LogP contribution >= 0.6 is 0 Å². The second kappa shape index (κ2) is 13.4. The summed E-state index contributed by atoms with van der Waals surface area (Å²) in [5.74, 6) is -1.42. The maximum Gasteiger partial charge on any atom is 0.264 e. The molecular formula is C30H36FN3O4S. The number of halogens is 1. The molecule has 0 unspecified atom stereocenters. The van der Waals surface area contributed by atoms with Gasteiger partial charge in [0.25, 0.3) is 10.0 Å². The molecule has 0 heterocycles. The van der Waals surface area contributed by atoms with Gasteiger partial charge < -0.3 is 10.2 Å². The molecule has 0 saturated carbocycles. The van der Waals surface area contributed by atoms with Crippen molar-refractivity contribution in [3.63, 3.8) is 0 Å². The summed E-state index contributed by atoms with van der Waals surface area (Å²) in [5.41, 5.74) is 3.02. The van der Waals surface area contributed by atoms with Gasteiger partial charge in [-0.1, -0.05) is 60.9 Å². The molecule has 0 aromatic heterocycles. The third-order valence-corrected chi connectivity index (χ3v) is 8.22. The maximum absolute atomic E-state index is 13.9. The fraction of sp³-hybridized carbons (Fsp3) is 0.333. The highest BCUT2D eigenvalue weighted by Gasteiger charge is 2.32. The normalized spacial score (nSPS) is 12.0. The number of sulfonamides is 1. The first-order chi connectivity index (χ1) is 18.5. The van der Waals surface area contributed by atoms with Crippen LogP contribution in [0.2, 0.25) is 0 Å². The van der Waals surface area contributed by atoms with E-state index in [-0.39, 0.29) is 23.0 Å². The third-order valence-electron chi connectivity index (χ3n) is 6.43. The summed E-state index contributed by atoms with van der Waals surface area (Å²) in [6, 6.07) is 18.0. The molecule has 0 aliphatic carbocycles. The average molecular weight is 554 g/mol. The van der Waals surface area contributed by atoms with E-state index < -0.39 is 34.3 Å². The standard InChI is InChI=1S/C30H36FN3O4S/c1-5-6-18-32-30(36)24(4)33(20-25-9-7-8-23(3)19-25)29(35)21-34(27-14-10-22(2)11-15-27)39(37,38)28-16-12-26(31)13-17-28/h7-17,19,24H,5-6,18,20-21H2,1-4H3,(H,32,36)/t24-/m0/s1. The monoisotopic (exact) mass is 553 g/mol. The summed E-state index contributed by atoms with van der Waals surface area (Å²) in [6.45, 7) is 7.54. The SMILES string of the molecule is CCCCNC(=O)[C@H](C)N(Cc1cccc(C)c1)C(=O)CN(c1ccc(C)cc1)S(=O)(=O)c1ccc(F)cc1. The Kier molecular flexibility index (Phi) is 10.2. The predicted molar refractivity (Wildman–Crippen MR) is 151 cm³/mol. The number of carbonyl (C=O) groups is 2. The van der Waals surface area contributed by atoms with Gasteiger partial charge in [-0.05, 0) is 69.2 Å². The van der Waals surface area contributed by atoms with Crippen molar-refractivity contribution >= 4 is 27.5 Å². The lowest BCUT2D eigenvalue weighted by Crippen LogP contribution is -2.51. The lowest BCUT2D eigenvalue weighted by molar-refractivity contribution is -0.139. The Morgan fingerprint density at radius 3 is 2.23 bits per heavy atom. The van der Waals surface area contributed by atoms with Gasteiger partial charge in [-0.2, -0.15) is 0 Å². The van der Waals surface area contributed by atoms with Crippen molar-refractivity contribution in [2.75, 3.05) is 17.4 Å². The van der Waals surface area contributed by atoms with E-state index in [2.05, 4.69) is 5.32 Å². The second-order valence-corrected chi connectivity index (χ2v) is 11.5. The van der Waals surface area contributed by atoms with Crippen LogP contribution in [0, 0.1) is 19.7 Å². The summed E-state index contributed by atoms with van der Waals surface area (Å²) in [5, 5.41) is 2.87. The van der Waals surface area contributed by atoms with Crippen LogP contribution < -0.4 is 9.62 Å². The number of benzene rings is 3. The number of aryl methyl sites for hydroxylation is 2. The zero-order valence-electron chi connectivity index (χ0n) is 22.9. The van der Waals surface area contributed by atoms with Gasteiger partial charge in [0.15, 0.2) is 0 Å². The largest absolute Gasteiger partial charge is 0.354 e. The molecule has 0 spiro atoms. The number of nitrogens with zero attached hydrogens (tertiary/aromatic N) is 2. The van der Waals surface area contributed by atoms with Crippen molar-refractivity contribution in [2.45, 2.75) is 58.0 Å². The van der Waals surface area contributed by atoms with E-state index in [0.717, 1.165) is 46.0 Å². The molecule has 9 heteroatoms. The Bertz CT molecular complexity index is 1380. The molecule has 0 bridgehead atoms. The molecule has 1 atom stereocenters. The summed E-state index contributed by atoms with van der Waals surface area (Å²) in [7, 11) is -4.24. The van der Waals surface area contributed by atoms with Gasteiger partial charge in [0.05, 0.1) is 10.6 Å². The topological polar surface area (TPSA) is 86.8 Å². The minimum Gasteiger partial charge on any atom is -0.354 e. The minimum absolute atomic E-state index is 0.126. The molecule has 1 N–H and O–H groups in total. The zero-order valence-corrected chi connectivity index (χ0v) is 23.7. The van der Waals surface area contributed by atoms with E-state index >= 15 is 0 Å². The van der Waals surface area contributed by atoms with Crippen LogP contribution in [-0.2, 0) is 26.2 Å². The van der Waals surface area contributed by atoms with E-state index in [1.165, 1.54) is 17.0 Å². The summed E-state index contributed by atoms with van der Waals surface area (Å²) in [6.07, 6.45) is 1.72. The number of amides is 2. The van der Waals surface area contributed by atoms with E-state index in [0.29, 0.717) is 6.54 Å². The molecule has 0 aliphatic rings. The van der Waals surface area contributed by atoms with Gasteiger partial charge >= 0.3 is 0 Å². The number of anilines is 1. The zero-order chi connectivity index (χ0) is 28.6. The highest BCUT2D eigenvalue weighted by atomic mass is 32.2. The Morgan fingerprint density at radius 2 is 1.62 bits per heavy atom. The number of hydrogen-bond acceptors (Lipinski definition) is 4. The van der Waals surface area contributed by atoms with Crippen molar-refractivity contribution in [2.24, 2.45) is 0 Å². The number of hydrogen-bond donors (Lipinski definition) is 1. The van der Waals surface area contributed by atoms with E-state index in [1.54, 1.807) is 31.2 Å². The number of rotatable bonds is 12. The molecule has 0 aliphatic heterocycles. The second-order valence-electron chi connectivity index (χ2n) is 9.63. The Labute approximate surface area is 230 Å². The van der Waals surface area contributed by atoms with Crippen LogP contribution in [0.3, 0.4) is 0 Å². The molecule has 39 heavy (non-hydrogen) atoms. The van der Waals surface area contributed by atoms with Crippen molar-refractivity contribution in [3.05, 3.63) is 95.3 Å². The van der Waals surface area contributed by atoms with Gasteiger partial charge in [-0.25, -0.2) is 12.8 Å². The van der Waals surface area contributed by atoms with Crippen LogP contribution in [0.5, 0.6) is 0 Å². The fourth-order valence-electron chi connectivity index (χ4n) is 4.10. The molecule has 3 aromatic carbocycles. The molecule has 0 saturated heterocycles. The van der Waals surface area contributed by atoms with Crippen LogP contribution in [0.1, 0.15) is 43.4 Å². The summed E-state index contributed by atoms with van der Waals surface area (Å²) in [4.78, 5) is 28.1. The van der Waals surface area contributed by atoms with Gasteiger partial charge in [-0.3, -0.25) is 13.9 Å². The van der Waals surface area contributed by atoms with Gasteiger partial charge in [0.1, 0.15) is 18.4 Å². The van der Waals surface area contributed by atoms with Gasteiger partial charge in [-0.15, -0.1) is 0 Å². The quantitative estimate of drug-likeness (QED) is 0.321. The van der Waals surface area contributed by atoms with Crippen molar-refractivity contribution in [1.29, 1.82) is 0 Å². The molecule has 0 fully saturated rings. The first-order valence-corrected chi connectivity index (χ1v) is 14.4. The van der Waals surface area contributed by atoms with Gasteiger partial charge in [0.2, 0.25) is 11.8 Å². The lowest BCUT2D eigenvalue weighted by Gasteiger charge is -2.32. The number of unbranched alkanes of at least 4 members (excludes halogenated alkanes) is 1. The highest BCUT2D eigenvalue weighted by molar-refractivity contribution is 7.92. The van der Waals surface area contributed by atoms with E-state index in [4.69, 9.17) is 0 Å². The summed E-state index contributed by atoms with van der Waals surface area (Å²) >= 11 is 0. The molecule has 3 aromatic rings. The van der Waals surface area contributed by atoms with Crippen molar-refractivity contribution in [1.82, 2.24) is 10.2 Å². The van der Waals surface area contributed by atoms with Gasteiger partial charge in [0, 0.05) is 13.1 Å². The van der Waals surface area contributed by atoms with Crippen molar-refractivity contribution in [3.8, 4) is 0 Å². The Balaban J connectivity index is 1.99. The lowest BCUT2D eigenvalue weighted by atomic mass is 10.1. The average Bonchev–Trinajstić information content (AvgIpc) is 2.90. The summed E-state index contributed by atoms with van der Waals surface area (Å²) < 4.78 is 42.0. The number of nitrogens with one attached hydrogen (secondary N) is 1. The smallest absolute Gasteiger partial charge is 0.264 e. The first-order valence-electron chi connectivity index (χ1n) is 13.0. The molecule has 208 valence electrons. The molecule has 7 nitrogen and oxygen atoms in total. The maximum atomic E-state index is 13.9. The first kappa shape index (κ1) is 29.8. The minimum atomic E-state index is -4.24. The van der Waals surface area contributed by atoms with E-state index in [9.17, 15) is 22.4 Å². The van der Waals surface area contributed by atoms with Crippen LogP contribution in [0.4, 0.5) is 10.1 Å². The Hall–Kier alpha value is -3.72. The highest BCUT2D eigenvalue weighted by Crippen LogP contribution is 2.25. The molecular weight excluding hydrogens is 517 g/mol. The molecule has 2 amide bonds. The van der Waals surface area contributed by atoms with Crippen LogP contribution in [0.15, 0.2) is 77.7 Å². The van der Waals surface area contributed by atoms with E-state index in [1.807, 2.05) is 45.0 Å². The number of carbonyl (C=O) groups excluding carboxylic acids is 2.